The molecule has 0 aliphatic heterocycles. The molecular weight excluding hydrogens is 233 g/mol. The lowest BCUT2D eigenvalue weighted by atomic mass is 10.2. The number of tetrazole rings is 1. The number of aromatic nitrogens is 4. The van der Waals surface area contributed by atoms with E-state index >= 15 is 0 Å². The fourth-order valence-corrected chi connectivity index (χ4v) is 1.34. The van der Waals surface area contributed by atoms with E-state index in [4.69, 9.17) is 11.6 Å². The number of hydrogen-bond donors (Lipinski definition) is 2. The number of aromatic amines is 1. The van der Waals surface area contributed by atoms with Gasteiger partial charge in [0.25, 0.3) is 0 Å². The van der Waals surface area contributed by atoms with Crippen LogP contribution >= 0.6 is 11.6 Å². The summed E-state index contributed by atoms with van der Waals surface area (Å²) in [4.78, 5) is 0. The van der Waals surface area contributed by atoms with Crippen molar-refractivity contribution < 1.29 is 4.39 Å². The van der Waals surface area contributed by atoms with Gasteiger partial charge in [-0.15, -0.1) is 10.2 Å². The first kappa shape index (κ1) is 11.0. The normalized spacial score (nSPS) is 10.6. The van der Waals surface area contributed by atoms with Crippen molar-refractivity contribution in [3.8, 4) is 0 Å². The molecule has 2 aromatic rings. The number of benzene rings is 1. The molecule has 0 unspecified atom stereocenters. The van der Waals surface area contributed by atoms with Gasteiger partial charge in [0.05, 0.1) is 11.6 Å². The molecule has 0 aliphatic carbocycles. The molecule has 84 valence electrons. The van der Waals surface area contributed by atoms with Crippen molar-refractivity contribution in [1.29, 1.82) is 0 Å². The second-order valence-corrected chi connectivity index (χ2v) is 3.59. The molecule has 2 rings (SSSR count). The van der Waals surface area contributed by atoms with Gasteiger partial charge < -0.3 is 5.32 Å². The lowest BCUT2D eigenvalue weighted by Gasteiger charge is -2.03. The third-order valence-corrected chi connectivity index (χ3v) is 2.29. The molecule has 0 spiro atoms. The highest BCUT2D eigenvalue weighted by molar-refractivity contribution is 6.30. The summed E-state index contributed by atoms with van der Waals surface area (Å²) in [7, 11) is 0. The van der Waals surface area contributed by atoms with E-state index in [2.05, 4.69) is 25.9 Å². The van der Waals surface area contributed by atoms with Crippen LogP contribution in [0.2, 0.25) is 5.02 Å². The Kier molecular flexibility index (Phi) is 3.43. The summed E-state index contributed by atoms with van der Waals surface area (Å²) in [6.07, 6.45) is 0. The van der Waals surface area contributed by atoms with E-state index in [1.165, 1.54) is 12.1 Å². The summed E-state index contributed by atoms with van der Waals surface area (Å²) in [5, 5.41) is 16.5. The van der Waals surface area contributed by atoms with Crippen LogP contribution in [0, 0.1) is 5.82 Å². The molecule has 0 amide bonds. The zero-order chi connectivity index (χ0) is 11.4. The molecule has 5 nitrogen and oxygen atoms in total. The summed E-state index contributed by atoms with van der Waals surface area (Å²) in [5.74, 6) is 0.148. The number of hydrogen-bond acceptors (Lipinski definition) is 4. The molecule has 0 saturated heterocycles. The van der Waals surface area contributed by atoms with Crippen LogP contribution in [-0.4, -0.2) is 20.6 Å². The van der Waals surface area contributed by atoms with Gasteiger partial charge in [0.2, 0.25) is 0 Å². The second-order valence-electron chi connectivity index (χ2n) is 3.18. The molecule has 7 heteroatoms. The Hall–Kier alpha value is -1.53. The van der Waals surface area contributed by atoms with Gasteiger partial charge in [0.1, 0.15) is 5.82 Å². The summed E-state index contributed by atoms with van der Waals surface area (Å²) in [6, 6.07) is 4.68. The first-order valence-corrected chi connectivity index (χ1v) is 5.00. The Morgan fingerprint density at radius 3 is 2.94 bits per heavy atom. The Balaban J connectivity index is 1.87. The van der Waals surface area contributed by atoms with E-state index in [1.807, 2.05) is 0 Å². The van der Waals surface area contributed by atoms with Gasteiger partial charge >= 0.3 is 0 Å². The maximum absolute atomic E-state index is 13.1. The van der Waals surface area contributed by atoms with Crippen LogP contribution in [-0.2, 0) is 13.1 Å². The third-order valence-electron chi connectivity index (χ3n) is 1.99. The van der Waals surface area contributed by atoms with Crippen LogP contribution in [0.1, 0.15) is 11.4 Å². The average Bonchev–Trinajstić information content (AvgIpc) is 2.76. The van der Waals surface area contributed by atoms with E-state index in [1.54, 1.807) is 6.07 Å². The van der Waals surface area contributed by atoms with Crippen LogP contribution in [0.5, 0.6) is 0 Å². The molecular formula is C9H9ClFN5. The average molecular weight is 242 g/mol. The first-order valence-electron chi connectivity index (χ1n) is 4.62. The summed E-state index contributed by atoms with van der Waals surface area (Å²) < 4.78 is 13.1. The summed E-state index contributed by atoms with van der Waals surface area (Å²) >= 11 is 5.57. The van der Waals surface area contributed by atoms with Crippen molar-refractivity contribution in [2.24, 2.45) is 0 Å². The van der Waals surface area contributed by atoms with Gasteiger partial charge in [-0.1, -0.05) is 22.9 Å². The Morgan fingerprint density at radius 2 is 2.25 bits per heavy atom. The lowest BCUT2D eigenvalue weighted by molar-refractivity contribution is 0.618. The highest BCUT2D eigenvalue weighted by atomic mass is 35.5. The van der Waals surface area contributed by atoms with Gasteiger partial charge in [0, 0.05) is 6.54 Å². The largest absolute Gasteiger partial charge is 0.306 e. The minimum Gasteiger partial charge on any atom is -0.306 e. The number of nitrogens with one attached hydrogen (secondary N) is 2. The maximum Gasteiger partial charge on any atom is 0.188 e. The molecule has 0 aliphatic rings. The second kappa shape index (κ2) is 5.00. The van der Waals surface area contributed by atoms with Crippen molar-refractivity contribution >= 4 is 11.6 Å². The van der Waals surface area contributed by atoms with E-state index < -0.39 is 5.82 Å². The van der Waals surface area contributed by atoms with Gasteiger partial charge in [0.15, 0.2) is 5.82 Å². The smallest absolute Gasteiger partial charge is 0.188 e. The highest BCUT2D eigenvalue weighted by Gasteiger charge is 2.01. The number of H-pyrrole nitrogens is 1. The Morgan fingerprint density at radius 1 is 1.38 bits per heavy atom. The maximum atomic E-state index is 13.1. The zero-order valence-corrected chi connectivity index (χ0v) is 9.00. The zero-order valence-electron chi connectivity index (χ0n) is 8.24. The van der Waals surface area contributed by atoms with Crippen molar-refractivity contribution in [3.63, 3.8) is 0 Å². The van der Waals surface area contributed by atoms with Crippen LogP contribution in [0.3, 0.4) is 0 Å². The summed E-state index contributed by atoms with van der Waals surface area (Å²) in [5.41, 5.74) is 0.811. The Bertz CT molecular complexity index is 459. The minimum atomic E-state index is -0.416. The van der Waals surface area contributed by atoms with Crippen LogP contribution in [0.4, 0.5) is 4.39 Å². The predicted octanol–water partition coefficient (Wildman–Crippen LogP) is 1.28. The molecule has 2 N–H and O–H groups in total. The van der Waals surface area contributed by atoms with Gasteiger partial charge in [-0.3, -0.25) is 0 Å². The van der Waals surface area contributed by atoms with E-state index in [0.29, 0.717) is 18.9 Å². The Labute approximate surface area is 96.0 Å². The van der Waals surface area contributed by atoms with Crippen molar-refractivity contribution in [1.82, 2.24) is 25.9 Å². The van der Waals surface area contributed by atoms with Crippen LogP contribution in [0.25, 0.3) is 0 Å². The molecule has 0 radical (unpaired) electrons. The van der Waals surface area contributed by atoms with Crippen LogP contribution in [0.15, 0.2) is 18.2 Å². The minimum absolute atomic E-state index is 0.127. The van der Waals surface area contributed by atoms with Crippen molar-refractivity contribution in [2.45, 2.75) is 13.1 Å². The SMILES string of the molecule is Fc1cc(CNCc2nn[nH]n2)ccc1Cl. The molecule has 0 bridgehead atoms. The van der Waals surface area contributed by atoms with Gasteiger partial charge in [-0.2, -0.15) is 5.21 Å². The molecule has 1 aromatic heterocycles. The molecule has 16 heavy (non-hydrogen) atoms. The quantitative estimate of drug-likeness (QED) is 0.846. The van der Waals surface area contributed by atoms with Gasteiger partial charge in [-0.05, 0) is 17.7 Å². The monoisotopic (exact) mass is 241 g/mol. The molecule has 0 saturated carbocycles. The predicted molar refractivity (Wildman–Crippen MR) is 56.1 cm³/mol. The number of halogens is 2. The van der Waals surface area contributed by atoms with E-state index in [0.717, 1.165) is 5.56 Å². The molecule has 1 heterocycles. The van der Waals surface area contributed by atoms with Gasteiger partial charge in [-0.25, -0.2) is 4.39 Å². The molecule has 0 fully saturated rings. The van der Waals surface area contributed by atoms with E-state index in [9.17, 15) is 4.39 Å². The molecule has 1 aromatic carbocycles. The van der Waals surface area contributed by atoms with Crippen LogP contribution < -0.4 is 5.32 Å². The van der Waals surface area contributed by atoms with Crippen molar-refractivity contribution in [2.75, 3.05) is 0 Å². The standard InChI is InChI=1S/C9H9ClFN5/c10-7-2-1-6(3-8(7)11)4-12-5-9-13-15-16-14-9/h1-3,12H,4-5H2,(H,13,14,15,16). The first-order chi connectivity index (χ1) is 7.75. The number of rotatable bonds is 4. The molecule has 0 atom stereocenters. The van der Waals surface area contributed by atoms with E-state index in [-0.39, 0.29) is 5.02 Å². The fourth-order valence-electron chi connectivity index (χ4n) is 1.23. The highest BCUT2D eigenvalue weighted by Crippen LogP contribution is 2.15. The fraction of sp³-hybridized carbons (Fsp3) is 0.222. The third kappa shape index (κ3) is 2.74. The number of nitrogens with zero attached hydrogens (tertiary/aromatic N) is 3. The topological polar surface area (TPSA) is 66.5 Å². The lowest BCUT2D eigenvalue weighted by Crippen LogP contribution is -2.13. The van der Waals surface area contributed by atoms with Crippen molar-refractivity contribution in [3.05, 3.63) is 40.4 Å². The summed E-state index contributed by atoms with van der Waals surface area (Å²) in [6.45, 7) is 0.989.